The van der Waals surface area contributed by atoms with Crippen LogP contribution in [0.5, 0.6) is 0 Å². The first-order valence-electron chi connectivity index (χ1n) is 12.2. The summed E-state index contributed by atoms with van der Waals surface area (Å²) < 4.78 is 17.9. The number of nitrogens with zero attached hydrogens (tertiary/aromatic N) is 1. The van der Waals surface area contributed by atoms with E-state index in [-0.39, 0.29) is 19.1 Å². The van der Waals surface area contributed by atoms with Crippen molar-refractivity contribution in [3.63, 3.8) is 0 Å². The van der Waals surface area contributed by atoms with E-state index in [1.807, 2.05) is 58.0 Å². The number of esters is 1. The number of carbonyl (C=O) groups is 2. The highest BCUT2D eigenvalue weighted by molar-refractivity contribution is 6.62. The Labute approximate surface area is 201 Å². The van der Waals surface area contributed by atoms with E-state index in [9.17, 15) is 9.59 Å². The highest BCUT2D eigenvalue weighted by atomic mass is 16.7. The van der Waals surface area contributed by atoms with Gasteiger partial charge in [0.2, 0.25) is 0 Å². The van der Waals surface area contributed by atoms with Crippen molar-refractivity contribution in [3.8, 4) is 0 Å². The van der Waals surface area contributed by atoms with Crippen LogP contribution in [0.2, 0.25) is 0 Å². The van der Waals surface area contributed by atoms with Crippen molar-refractivity contribution in [3.05, 3.63) is 64.7 Å². The van der Waals surface area contributed by atoms with Crippen LogP contribution >= 0.6 is 0 Å². The van der Waals surface area contributed by atoms with Gasteiger partial charge in [-0.15, -0.1) is 0 Å². The largest absolute Gasteiger partial charge is 0.495 e. The number of carbonyl (C=O) groups excluding carboxylic acids is 2. The van der Waals surface area contributed by atoms with E-state index >= 15 is 0 Å². The van der Waals surface area contributed by atoms with E-state index in [1.54, 1.807) is 4.90 Å². The molecule has 178 valence electrons. The van der Waals surface area contributed by atoms with Crippen molar-refractivity contribution in [2.24, 2.45) is 0 Å². The summed E-state index contributed by atoms with van der Waals surface area (Å²) in [5.41, 5.74) is 3.91. The van der Waals surface area contributed by atoms with Gasteiger partial charge >= 0.3 is 13.1 Å². The zero-order valence-electron chi connectivity index (χ0n) is 20.4. The van der Waals surface area contributed by atoms with Gasteiger partial charge < -0.3 is 18.9 Å². The van der Waals surface area contributed by atoms with Crippen LogP contribution in [0.3, 0.4) is 0 Å². The van der Waals surface area contributed by atoms with Gasteiger partial charge in [0.1, 0.15) is 13.2 Å². The highest BCUT2D eigenvalue weighted by Crippen LogP contribution is 2.41. The minimum atomic E-state index is -0.527. The molecule has 6 nitrogen and oxygen atoms in total. The molecule has 7 heteroatoms. The van der Waals surface area contributed by atoms with E-state index in [2.05, 4.69) is 12.1 Å². The summed E-state index contributed by atoms with van der Waals surface area (Å²) in [6.07, 6.45) is 3.24. The van der Waals surface area contributed by atoms with Gasteiger partial charge in [-0.3, -0.25) is 9.59 Å². The molecule has 2 aromatic rings. The SMILES string of the molecule is CC1(C)OB(c2ccccc2COC(=O)CN2CCc3cc(C4CC4)ccc3C2=O)OC1(C)C. The topological polar surface area (TPSA) is 65.1 Å². The zero-order chi connectivity index (χ0) is 24.1. The lowest BCUT2D eigenvalue weighted by Gasteiger charge is -2.32. The molecule has 0 atom stereocenters. The van der Waals surface area contributed by atoms with Crippen LogP contribution in [0.25, 0.3) is 0 Å². The molecule has 2 aliphatic heterocycles. The van der Waals surface area contributed by atoms with Gasteiger partial charge in [0.25, 0.3) is 5.91 Å². The first-order chi connectivity index (χ1) is 16.1. The minimum Gasteiger partial charge on any atom is -0.460 e. The molecule has 34 heavy (non-hydrogen) atoms. The molecular weight excluding hydrogens is 429 g/mol. The summed E-state index contributed by atoms with van der Waals surface area (Å²) in [4.78, 5) is 27.2. The Balaban J connectivity index is 1.21. The van der Waals surface area contributed by atoms with E-state index in [4.69, 9.17) is 14.0 Å². The standard InChI is InChI=1S/C27H32BNO5/c1-26(2)27(3,4)34-28(33-26)23-8-6-5-7-21(23)17-32-24(30)16-29-14-13-20-15-19(18-9-10-18)11-12-22(20)25(29)31/h5-8,11-12,15,18H,9-10,13-14,16-17H2,1-4H3. The van der Waals surface area contributed by atoms with Crippen molar-refractivity contribution < 1.29 is 23.6 Å². The summed E-state index contributed by atoms with van der Waals surface area (Å²) in [5, 5.41) is 0. The van der Waals surface area contributed by atoms with E-state index < -0.39 is 24.3 Å². The molecule has 0 aromatic heterocycles. The predicted molar refractivity (Wildman–Crippen MR) is 130 cm³/mol. The highest BCUT2D eigenvalue weighted by Gasteiger charge is 2.52. The van der Waals surface area contributed by atoms with Gasteiger partial charge in [-0.25, -0.2) is 0 Å². The third kappa shape index (κ3) is 4.39. The molecule has 0 bridgehead atoms. The van der Waals surface area contributed by atoms with Crippen LogP contribution in [0.15, 0.2) is 42.5 Å². The lowest BCUT2D eigenvalue weighted by molar-refractivity contribution is -0.145. The van der Waals surface area contributed by atoms with Crippen molar-refractivity contribution in [1.82, 2.24) is 4.90 Å². The van der Waals surface area contributed by atoms with E-state index in [0.717, 1.165) is 23.0 Å². The Hall–Kier alpha value is -2.64. The summed E-state index contributed by atoms with van der Waals surface area (Å²) in [6, 6.07) is 13.8. The van der Waals surface area contributed by atoms with Gasteiger partial charge in [-0.1, -0.05) is 36.4 Å². The number of rotatable bonds is 6. The maximum absolute atomic E-state index is 13.0. The fourth-order valence-electron chi connectivity index (χ4n) is 4.60. The molecule has 2 heterocycles. The van der Waals surface area contributed by atoms with Crippen molar-refractivity contribution in [1.29, 1.82) is 0 Å². The maximum atomic E-state index is 13.0. The molecule has 0 radical (unpaired) electrons. The molecular formula is C27H32BNO5. The molecule has 1 saturated heterocycles. The Bertz CT molecular complexity index is 1110. The van der Waals surface area contributed by atoms with Gasteiger partial charge in [-0.2, -0.15) is 0 Å². The molecule has 1 aliphatic carbocycles. The second kappa shape index (κ2) is 8.54. The molecule has 1 saturated carbocycles. The smallest absolute Gasteiger partial charge is 0.460 e. The summed E-state index contributed by atoms with van der Waals surface area (Å²) in [6.45, 7) is 8.61. The van der Waals surface area contributed by atoms with Gasteiger partial charge in [0.05, 0.1) is 11.2 Å². The van der Waals surface area contributed by atoms with Crippen LogP contribution in [-0.2, 0) is 31.9 Å². The number of fused-ring (bicyclic) bond motifs is 1. The Morgan fingerprint density at radius 2 is 1.79 bits per heavy atom. The van der Waals surface area contributed by atoms with Gasteiger partial charge in [-0.05, 0) is 81.1 Å². The van der Waals surface area contributed by atoms with Crippen molar-refractivity contribution >= 4 is 24.5 Å². The summed E-state index contributed by atoms with van der Waals surface area (Å²) >= 11 is 0. The second-order valence-corrected chi connectivity index (χ2v) is 10.6. The van der Waals surface area contributed by atoms with Crippen LogP contribution in [-0.4, -0.2) is 48.2 Å². The molecule has 0 N–H and O–H groups in total. The minimum absolute atomic E-state index is 0.0543. The van der Waals surface area contributed by atoms with Crippen LogP contribution in [0.1, 0.15) is 73.5 Å². The molecule has 1 amide bonds. The number of hydrogen-bond acceptors (Lipinski definition) is 5. The van der Waals surface area contributed by atoms with Crippen molar-refractivity contribution in [2.75, 3.05) is 13.1 Å². The number of amides is 1. The molecule has 0 unspecified atom stereocenters. The van der Waals surface area contributed by atoms with E-state index in [1.165, 1.54) is 18.4 Å². The summed E-state index contributed by atoms with van der Waals surface area (Å²) in [5.74, 6) is 0.141. The molecule has 2 aromatic carbocycles. The first-order valence-corrected chi connectivity index (χ1v) is 12.2. The monoisotopic (exact) mass is 461 g/mol. The van der Waals surface area contributed by atoms with Gasteiger partial charge in [0.15, 0.2) is 0 Å². The Kier molecular flexibility index (Phi) is 5.81. The molecule has 2 fully saturated rings. The molecule has 3 aliphatic rings. The van der Waals surface area contributed by atoms with Gasteiger partial charge in [0, 0.05) is 12.1 Å². The Morgan fingerprint density at radius 1 is 1.09 bits per heavy atom. The second-order valence-electron chi connectivity index (χ2n) is 10.6. The number of hydrogen-bond donors (Lipinski definition) is 0. The summed E-state index contributed by atoms with van der Waals surface area (Å²) in [7, 11) is -0.527. The first kappa shape index (κ1) is 23.1. The quantitative estimate of drug-likeness (QED) is 0.486. The van der Waals surface area contributed by atoms with E-state index in [0.29, 0.717) is 18.0 Å². The average molecular weight is 461 g/mol. The van der Waals surface area contributed by atoms with Crippen LogP contribution in [0, 0.1) is 0 Å². The lowest BCUT2D eigenvalue weighted by Crippen LogP contribution is -2.41. The van der Waals surface area contributed by atoms with Crippen LogP contribution < -0.4 is 5.46 Å². The lowest BCUT2D eigenvalue weighted by atomic mass is 9.76. The molecule has 5 rings (SSSR count). The normalized spacial score (nSPS) is 20.9. The third-order valence-corrected chi connectivity index (χ3v) is 7.62. The predicted octanol–water partition coefficient (Wildman–Crippen LogP) is 3.60. The number of ether oxygens (including phenoxy) is 1. The molecule has 0 spiro atoms. The van der Waals surface area contributed by atoms with Crippen molar-refractivity contribution in [2.45, 2.75) is 70.7 Å². The fraction of sp³-hybridized carbons (Fsp3) is 0.481. The maximum Gasteiger partial charge on any atom is 0.495 e. The van der Waals surface area contributed by atoms with Crippen LogP contribution in [0.4, 0.5) is 0 Å². The number of benzene rings is 2. The Morgan fingerprint density at radius 3 is 2.50 bits per heavy atom. The third-order valence-electron chi connectivity index (χ3n) is 7.62. The zero-order valence-corrected chi connectivity index (χ0v) is 20.4. The fourth-order valence-corrected chi connectivity index (χ4v) is 4.60. The average Bonchev–Trinajstić information content (AvgIpc) is 3.61.